The van der Waals surface area contributed by atoms with Gasteiger partial charge in [0.2, 0.25) is 5.91 Å². The zero-order valence-electron chi connectivity index (χ0n) is 10.1. The lowest BCUT2D eigenvalue weighted by atomic mass is 10.3. The van der Waals surface area contributed by atoms with Crippen LogP contribution in [0, 0.1) is 0 Å². The third-order valence-corrected chi connectivity index (χ3v) is 2.32. The highest BCUT2D eigenvalue weighted by Gasteiger charge is 2.19. The first-order chi connectivity index (χ1) is 8.13. The van der Waals surface area contributed by atoms with Crippen LogP contribution in [-0.4, -0.2) is 56.4 Å². The summed E-state index contributed by atoms with van der Waals surface area (Å²) in [7, 11) is 1.54. The largest absolute Gasteiger partial charge is 0.442 e. The molecule has 0 aromatic carbocycles. The van der Waals surface area contributed by atoms with Crippen molar-refractivity contribution in [2.24, 2.45) is 0 Å². The Morgan fingerprint density at radius 3 is 2.65 bits per heavy atom. The van der Waals surface area contributed by atoms with Crippen LogP contribution in [-0.2, 0) is 14.3 Å². The number of amides is 2. The Bertz CT molecular complexity index is 298. The van der Waals surface area contributed by atoms with Crippen molar-refractivity contribution in [1.29, 1.82) is 0 Å². The minimum atomic E-state index is -0.428. The van der Waals surface area contributed by atoms with Gasteiger partial charge in [-0.15, -0.1) is 0 Å². The topological polar surface area (TPSA) is 67.9 Å². The Hall–Kier alpha value is -1.56. The summed E-state index contributed by atoms with van der Waals surface area (Å²) in [4.78, 5) is 24.2. The lowest BCUT2D eigenvalue weighted by Crippen LogP contribution is -2.41. The Labute approximate surface area is 101 Å². The monoisotopic (exact) mass is 242 g/mol. The summed E-state index contributed by atoms with van der Waals surface area (Å²) < 4.78 is 10.3. The Morgan fingerprint density at radius 1 is 1.41 bits per heavy atom. The van der Waals surface area contributed by atoms with Crippen LogP contribution >= 0.6 is 0 Å². The van der Waals surface area contributed by atoms with Gasteiger partial charge in [0.1, 0.15) is 6.10 Å². The molecule has 6 heteroatoms. The molecule has 0 radical (unpaired) electrons. The first-order valence-corrected chi connectivity index (χ1v) is 5.56. The third-order valence-electron chi connectivity index (χ3n) is 2.32. The van der Waals surface area contributed by atoms with Crippen molar-refractivity contribution in [1.82, 2.24) is 10.2 Å². The van der Waals surface area contributed by atoms with E-state index in [4.69, 9.17) is 9.47 Å². The number of nitrogens with zero attached hydrogens (tertiary/aromatic N) is 1. The van der Waals surface area contributed by atoms with Crippen LogP contribution in [0.5, 0.6) is 0 Å². The minimum Gasteiger partial charge on any atom is -0.442 e. The predicted molar refractivity (Wildman–Crippen MR) is 61.5 cm³/mol. The van der Waals surface area contributed by atoms with E-state index in [0.717, 1.165) is 0 Å². The van der Waals surface area contributed by atoms with Gasteiger partial charge in [-0.3, -0.25) is 4.79 Å². The van der Waals surface area contributed by atoms with Gasteiger partial charge in [-0.25, -0.2) is 4.79 Å². The van der Waals surface area contributed by atoms with Crippen LogP contribution in [0.3, 0.4) is 0 Å². The predicted octanol–water partition coefficient (Wildman–Crippen LogP) is 0.146. The number of hydrogen-bond acceptors (Lipinski definition) is 4. The molecule has 1 saturated heterocycles. The van der Waals surface area contributed by atoms with E-state index in [-0.39, 0.29) is 12.0 Å². The number of carbonyl (C=O) groups excluding carboxylic acids is 2. The fourth-order valence-electron chi connectivity index (χ4n) is 1.33. The van der Waals surface area contributed by atoms with Crippen molar-refractivity contribution in [3.05, 3.63) is 12.2 Å². The van der Waals surface area contributed by atoms with E-state index in [0.29, 0.717) is 26.3 Å². The number of ether oxygens (including phenoxy) is 2. The van der Waals surface area contributed by atoms with Crippen molar-refractivity contribution in [3.63, 3.8) is 0 Å². The number of hydrogen-bond donors (Lipinski definition) is 1. The first kappa shape index (κ1) is 13.5. The van der Waals surface area contributed by atoms with Crippen molar-refractivity contribution in [3.8, 4) is 0 Å². The highest BCUT2D eigenvalue weighted by molar-refractivity contribution is 5.87. The van der Waals surface area contributed by atoms with E-state index in [1.807, 2.05) is 0 Å². The van der Waals surface area contributed by atoms with E-state index in [9.17, 15) is 9.59 Å². The van der Waals surface area contributed by atoms with Crippen LogP contribution in [0.1, 0.15) is 6.92 Å². The summed E-state index contributed by atoms with van der Waals surface area (Å²) in [6, 6.07) is 0. The Morgan fingerprint density at radius 2 is 2.06 bits per heavy atom. The van der Waals surface area contributed by atoms with Crippen LogP contribution in [0.25, 0.3) is 0 Å². The Kier molecular flexibility index (Phi) is 5.48. The second-order valence-electron chi connectivity index (χ2n) is 3.66. The van der Waals surface area contributed by atoms with Gasteiger partial charge < -0.3 is 19.7 Å². The van der Waals surface area contributed by atoms with Crippen molar-refractivity contribution in [2.75, 3.05) is 33.4 Å². The molecule has 1 fully saturated rings. The number of rotatable bonds is 3. The molecule has 0 spiro atoms. The quantitative estimate of drug-likeness (QED) is 0.715. The summed E-state index contributed by atoms with van der Waals surface area (Å²) in [6.45, 7) is 3.88. The van der Waals surface area contributed by atoms with Crippen LogP contribution in [0.15, 0.2) is 12.2 Å². The molecule has 2 amide bonds. The molecule has 1 N–H and O–H groups in total. The van der Waals surface area contributed by atoms with Gasteiger partial charge in [-0.05, 0) is 13.0 Å². The smallest absolute Gasteiger partial charge is 0.410 e. The molecule has 1 rings (SSSR count). The average Bonchev–Trinajstić information content (AvgIpc) is 2.36. The molecule has 0 saturated carbocycles. The fraction of sp³-hybridized carbons (Fsp3) is 0.636. The maximum absolute atomic E-state index is 11.6. The standard InChI is InChI=1S/C11H18N2O4/c1-9(3-4-10(14)12-2)17-11(15)13-5-7-16-8-6-13/h3-4,9H,5-8H2,1-2H3,(H,12,14)/b4-3-. The molecule has 6 nitrogen and oxygen atoms in total. The van der Waals surface area contributed by atoms with E-state index in [1.54, 1.807) is 11.8 Å². The highest BCUT2D eigenvalue weighted by atomic mass is 16.6. The van der Waals surface area contributed by atoms with Gasteiger partial charge >= 0.3 is 6.09 Å². The van der Waals surface area contributed by atoms with E-state index in [2.05, 4.69) is 5.32 Å². The number of carbonyl (C=O) groups is 2. The van der Waals surface area contributed by atoms with Crippen LogP contribution in [0.4, 0.5) is 4.79 Å². The van der Waals surface area contributed by atoms with Crippen molar-refractivity contribution >= 4 is 12.0 Å². The number of morpholine rings is 1. The second-order valence-corrected chi connectivity index (χ2v) is 3.66. The van der Waals surface area contributed by atoms with Gasteiger partial charge in [0.15, 0.2) is 0 Å². The lowest BCUT2D eigenvalue weighted by Gasteiger charge is -2.26. The lowest BCUT2D eigenvalue weighted by molar-refractivity contribution is -0.116. The number of likely N-dealkylation sites (N-methyl/N-ethyl adjacent to an activating group) is 1. The van der Waals surface area contributed by atoms with Gasteiger partial charge in [-0.1, -0.05) is 0 Å². The summed E-state index contributed by atoms with van der Waals surface area (Å²) in [5.74, 6) is -0.223. The van der Waals surface area contributed by atoms with E-state index >= 15 is 0 Å². The van der Waals surface area contributed by atoms with Crippen LogP contribution in [0.2, 0.25) is 0 Å². The molecule has 0 aromatic rings. The molecule has 1 atom stereocenters. The summed E-state index contributed by atoms with van der Waals surface area (Å²) >= 11 is 0. The van der Waals surface area contributed by atoms with Crippen molar-refractivity contribution < 1.29 is 19.1 Å². The van der Waals surface area contributed by atoms with Gasteiger partial charge in [0.05, 0.1) is 13.2 Å². The second kappa shape index (κ2) is 6.90. The van der Waals surface area contributed by atoms with Crippen molar-refractivity contribution in [2.45, 2.75) is 13.0 Å². The zero-order valence-corrected chi connectivity index (χ0v) is 10.1. The molecule has 0 bridgehead atoms. The van der Waals surface area contributed by atoms with Gasteiger partial charge in [-0.2, -0.15) is 0 Å². The summed E-state index contributed by atoms with van der Waals surface area (Å²) in [5, 5.41) is 2.44. The Balaban J connectivity index is 2.34. The van der Waals surface area contributed by atoms with E-state index < -0.39 is 6.10 Å². The molecule has 1 aliphatic rings. The van der Waals surface area contributed by atoms with Crippen LogP contribution < -0.4 is 5.32 Å². The average molecular weight is 242 g/mol. The molecular weight excluding hydrogens is 224 g/mol. The molecule has 1 unspecified atom stereocenters. The first-order valence-electron chi connectivity index (χ1n) is 5.56. The normalized spacial score (nSPS) is 17.9. The molecule has 96 valence electrons. The summed E-state index contributed by atoms with van der Waals surface area (Å²) in [5.41, 5.74) is 0. The molecule has 1 heterocycles. The van der Waals surface area contributed by atoms with E-state index in [1.165, 1.54) is 19.2 Å². The molecule has 1 aliphatic heterocycles. The zero-order chi connectivity index (χ0) is 12.7. The molecular formula is C11H18N2O4. The molecule has 17 heavy (non-hydrogen) atoms. The minimum absolute atomic E-state index is 0.223. The maximum atomic E-state index is 11.6. The number of nitrogens with one attached hydrogen (secondary N) is 1. The SMILES string of the molecule is CNC(=O)/C=C\C(C)OC(=O)N1CCOCC1. The molecule has 0 aliphatic carbocycles. The maximum Gasteiger partial charge on any atom is 0.410 e. The third kappa shape index (κ3) is 4.86. The van der Waals surface area contributed by atoms with Gasteiger partial charge in [0, 0.05) is 26.2 Å². The summed E-state index contributed by atoms with van der Waals surface area (Å²) in [6.07, 6.45) is 2.08. The molecule has 0 aromatic heterocycles. The highest BCUT2D eigenvalue weighted by Crippen LogP contribution is 2.03. The van der Waals surface area contributed by atoms with Gasteiger partial charge in [0.25, 0.3) is 0 Å². The fourth-order valence-corrected chi connectivity index (χ4v) is 1.33.